The Hall–Kier alpha value is -1.82. The molecule has 1 fully saturated rings. The van der Waals surface area contributed by atoms with Gasteiger partial charge in [0.2, 0.25) is 0 Å². The van der Waals surface area contributed by atoms with Crippen LogP contribution in [-0.2, 0) is 4.79 Å². The SMILES string of the molecule is O=C(O)CSc1nncn1C1CC1c1ccccc1. The number of thioether (sulfide) groups is 1. The van der Waals surface area contributed by atoms with Gasteiger partial charge < -0.3 is 9.67 Å². The summed E-state index contributed by atoms with van der Waals surface area (Å²) in [5.41, 5.74) is 1.32. The van der Waals surface area contributed by atoms with Gasteiger partial charge in [0.05, 0.1) is 5.75 Å². The molecule has 0 radical (unpaired) electrons. The van der Waals surface area contributed by atoms with Gasteiger partial charge in [-0.3, -0.25) is 4.79 Å². The Morgan fingerprint density at radius 1 is 1.42 bits per heavy atom. The van der Waals surface area contributed by atoms with E-state index in [0.29, 0.717) is 17.1 Å². The summed E-state index contributed by atoms with van der Waals surface area (Å²) in [5, 5.41) is 17.3. The number of carboxylic acids is 1. The molecular weight excluding hydrogens is 262 g/mol. The highest BCUT2D eigenvalue weighted by atomic mass is 32.2. The van der Waals surface area contributed by atoms with E-state index in [2.05, 4.69) is 22.3 Å². The van der Waals surface area contributed by atoms with E-state index in [-0.39, 0.29) is 5.75 Å². The molecule has 19 heavy (non-hydrogen) atoms. The van der Waals surface area contributed by atoms with Crippen molar-refractivity contribution in [3.63, 3.8) is 0 Å². The fourth-order valence-corrected chi connectivity index (χ4v) is 2.93. The number of hydrogen-bond acceptors (Lipinski definition) is 4. The van der Waals surface area contributed by atoms with Crippen molar-refractivity contribution < 1.29 is 9.90 Å². The lowest BCUT2D eigenvalue weighted by Gasteiger charge is -2.04. The standard InChI is InChI=1S/C13H13N3O2S/c17-12(18)7-19-13-15-14-8-16(13)11-6-10(11)9-4-2-1-3-5-9/h1-5,8,10-11H,6-7H2,(H,17,18). The molecule has 0 amide bonds. The zero-order chi connectivity index (χ0) is 13.2. The molecule has 2 aromatic rings. The maximum absolute atomic E-state index is 10.6. The first-order valence-corrected chi connectivity index (χ1v) is 7.03. The molecule has 5 nitrogen and oxygen atoms in total. The van der Waals surface area contributed by atoms with E-state index >= 15 is 0 Å². The Bertz CT molecular complexity index is 585. The normalized spacial score (nSPS) is 21.3. The quantitative estimate of drug-likeness (QED) is 0.847. The Labute approximate surface area is 114 Å². The van der Waals surface area contributed by atoms with Crippen LogP contribution in [-0.4, -0.2) is 31.6 Å². The van der Waals surface area contributed by atoms with Crippen LogP contribution in [0.15, 0.2) is 41.8 Å². The minimum Gasteiger partial charge on any atom is -0.481 e. The molecule has 0 bridgehead atoms. The maximum Gasteiger partial charge on any atom is 0.313 e. The topological polar surface area (TPSA) is 68.0 Å². The smallest absolute Gasteiger partial charge is 0.313 e. The van der Waals surface area contributed by atoms with Crippen LogP contribution in [0.25, 0.3) is 0 Å². The zero-order valence-electron chi connectivity index (χ0n) is 10.1. The van der Waals surface area contributed by atoms with E-state index in [1.165, 1.54) is 17.3 Å². The van der Waals surface area contributed by atoms with Gasteiger partial charge >= 0.3 is 5.97 Å². The van der Waals surface area contributed by atoms with E-state index in [1.54, 1.807) is 6.33 Å². The van der Waals surface area contributed by atoms with Crippen molar-refractivity contribution in [1.82, 2.24) is 14.8 Å². The highest BCUT2D eigenvalue weighted by Gasteiger charge is 2.41. The minimum atomic E-state index is -0.838. The lowest BCUT2D eigenvalue weighted by Crippen LogP contribution is -2.02. The number of benzene rings is 1. The summed E-state index contributed by atoms with van der Waals surface area (Å²) in [6.45, 7) is 0. The molecule has 2 atom stereocenters. The highest BCUT2D eigenvalue weighted by Crippen LogP contribution is 2.52. The van der Waals surface area contributed by atoms with Crippen molar-refractivity contribution in [1.29, 1.82) is 0 Å². The van der Waals surface area contributed by atoms with Crippen LogP contribution >= 0.6 is 11.8 Å². The third-order valence-electron chi connectivity index (χ3n) is 3.21. The molecule has 0 spiro atoms. The summed E-state index contributed by atoms with van der Waals surface area (Å²) in [6, 6.07) is 10.7. The third kappa shape index (κ3) is 2.63. The first kappa shape index (κ1) is 12.2. The van der Waals surface area contributed by atoms with Crippen molar-refractivity contribution in [3.05, 3.63) is 42.2 Å². The summed E-state index contributed by atoms with van der Waals surface area (Å²) >= 11 is 1.22. The minimum absolute atomic E-state index is 0.0153. The molecule has 1 heterocycles. The van der Waals surface area contributed by atoms with E-state index in [0.717, 1.165) is 6.42 Å². The van der Waals surface area contributed by atoms with E-state index in [4.69, 9.17) is 5.11 Å². The fourth-order valence-electron chi connectivity index (χ4n) is 2.24. The summed E-state index contributed by atoms with van der Waals surface area (Å²) in [7, 11) is 0. The largest absolute Gasteiger partial charge is 0.481 e. The Morgan fingerprint density at radius 2 is 2.21 bits per heavy atom. The number of carbonyl (C=O) groups is 1. The van der Waals surface area contributed by atoms with Crippen molar-refractivity contribution in [2.24, 2.45) is 0 Å². The second-order valence-corrected chi connectivity index (χ2v) is 5.47. The van der Waals surface area contributed by atoms with E-state index < -0.39 is 5.97 Å². The molecule has 2 unspecified atom stereocenters. The Kier molecular flexibility index (Phi) is 3.25. The van der Waals surface area contributed by atoms with Crippen LogP contribution in [0.4, 0.5) is 0 Å². The van der Waals surface area contributed by atoms with Gasteiger partial charge in [0.1, 0.15) is 6.33 Å². The monoisotopic (exact) mass is 275 g/mol. The van der Waals surface area contributed by atoms with Crippen LogP contribution < -0.4 is 0 Å². The van der Waals surface area contributed by atoms with Gasteiger partial charge in [0.15, 0.2) is 5.16 Å². The average molecular weight is 275 g/mol. The maximum atomic E-state index is 10.6. The molecule has 3 rings (SSSR count). The van der Waals surface area contributed by atoms with Gasteiger partial charge in [0, 0.05) is 12.0 Å². The number of hydrogen-bond donors (Lipinski definition) is 1. The zero-order valence-corrected chi connectivity index (χ0v) is 11.0. The predicted molar refractivity (Wildman–Crippen MR) is 71.2 cm³/mol. The molecule has 1 aromatic heterocycles. The molecule has 0 aliphatic heterocycles. The van der Waals surface area contributed by atoms with Gasteiger partial charge in [-0.25, -0.2) is 0 Å². The summed E-state index contributed by atoms with van der Waals surface area (Å²) in [4.78, 5) is 10.6. The van der Waals surface area contributed by atoms with Crippen molar-refractivity contribution in [3.8, 4) is 0 Å². The average Bonchev–Trinajstić information content (AvgIpc) is 3.08. The Morgan fingerprint density at radius 3 is 2.95 bits per heavy atom. The number of aliphatic carboxylic acids is 1. The molecular formula is C13H13N3O2S. The van der Waals surface area contributed by atoms with Crippen LogP contribution in [0.5, 0.6) is 0 Å². The first-order valence-electron chi connectivity index (χ1n) is 6.05. The molecule has 1 saturated carbocycles. The predicted octanol–water partition coefficient (Wildman–Crippen LogP) is 2.18. The van der Waals surface area contributed by atoms with Gasteiger partial charge in [-0.15, -0.1) is 10.2 Å². The lowest BCUT2D eigenvalue weighted by molar-refractivity contribution is -0.133. The van der Waals surface area contributed by atoms with Gasteiger partial charge in [-0.05, 0) is 12.0 Å². The van der Waals surface area contributed by atoms with Crippen LogP contribution in [0.1, 0.15) is 23.9 Å². The summed E-state index contributed by atoms with van der Waals surface area (Å²) in [6.07, 6.45) is 2.75. The Balaban J connectivity index is 1.72. The van der Waals surface area contributed by atoms with E-state index in [1.807, 2.05) is 22.8 Å². The van der Waals surface area contributed by atoms with Crippen molar-refractivity contribution >= 4 is 17.7 Å². The van der Waals surface area contributed by atoms with E-state index in [9.17, 15) is 4.79 Å². The number of rotatable bonds is 5. The molecule has 1 N–H and O–H groups in total. The molecule has 6 heteroatoms. The van der Waals surface area contributed by atoms with Gasteiger partial charge in [0.25, 0.3) is 0 Å². The molecule has 0 saturated heterocycles. The highest BCUT2D eigenvalue weighted by molar-refractivity contribution is 7.99. The van der Waals surface area contributed by atoms with Crippen molar-refractivity contribution in [2.45, 2.75) is 23.5 Å². The third-order valence-corrected chi connectivity index (χ3v) is 4.15. The van der Waals surface area contributed by atoms with Crippen LogP contribution in [0.3, 0.4) is 0 Å². The second kappa shape index (κ2) is 5.05. The molecule has 98 valence electrons. The van der Waals surface area contributed by atoms with Crippen molar-refractivity contribution in [2.75, 3.05) is 5.75 Å². The van der Waals surface area contributed by atoms with Gasteiger partial charge in [-0.1, -0.05) is 42.1 Å². The van der Waals surface area contributed by atoms with Crippen LogP contribution in [0, 0.1) is 0 Å². The van der Waals surface area contributed by atoms with Crippen LogP contribution in [0.2, 0.25) is 0 Å². The number of carboxylic acid groups (broad SMARTS) is 1. The lowest BCUT2D eigenvalue weighted by atomic mass is 10.1. The summed E-state index contributed by atoms with van der Waals surface area (Å²) < 4.78 is 1.99. The number of aromatic nitrogens is 3. The fraction of sp³-hybridized carbons (Fsp3) is 0.308. The van der Waals surface area contributed by atoms with Gasteiger partial charge in [-0.2, -0.15) is 0 Å². The molecule has 1 aliphatic carbocycles. The first-order chi connectivity index (χ1) is 9.25. The second-order valence-electron chi connectivity index (χ2n) is 4.52. The summed E-state index contributed by atoms with van der Waals surface area (Å²) in [5.74, 6) is -0.335. The molecule has 1 aromatic carbocycles. The number of nitrogens with zero attached hydrogens (tertiary/aromatic N) is 3. The molecule has 1 aliphatic rings.